The lowest BCUT2D eigenvalue weighted by Crippen LogP contribution is -2.45. The number of esters is 1. The SMILES string of the molecule is CCCCCCCCCCCCCCCCCCCCCCCCC(O)C(CO)NC(=O)CCCCCCCCCCCCCCCCCCCCCCCCCCOC(=O)CCCCCCCCCCCCC. The zero-order valence-electron chi connectivity index (χ0n) is 50.6. The Morgan fingerprint density at radius 3 is 0.824 bits per heavy atom. The van der Waals surface area contributed by atoms with Gasteiger partial charge in [0.1, 0.15) is 0 Å². The van der Waals surface area contributed by atoms with Gasteiger partial charge in [0.05, 0.1) is 25.4 Å². The summed E-state index contributed by atoms with van der Waals surface area (Å²) >= 11 is 0. The number of ether oxygens (including phenoxy) is 1. The zero-order chi connectivity index (χ0) is 53.6. The molecule has 6 heteroatoms. The summed E-state index contributed by atoms with van der Waals surface area (Å²) in [6, 6.07) is -0.540. The van der Waals surface area contributed by atoms with Gasteiger partial charge in [-0.3, -0.25) is 9.59 Å². The second-order valence-electron chi connectivity index (χ2n) is 23.9. The lowest BCUT2D eigenvalue weighted by Gasteiger charge is -2.22. The van der Waals surface area contributed by atoms with Crippen LogP contribution in [0.5, 0.6) is 0 Å². The monoisotopic (exact) mass is 1050 g/mol. The Bertz CT molecular complexity index is 1070. The van der Waals surface area contributed by atoms with Crippen LogP contribution in [0.2, 0.25) is 0 Å². The Kier molecular flexibility index (Phi) is 63.4. The normalized spacial score (nSPS) is 12.4. The van der Waals surface area contributed by atoms with E-state index in [4.69, 9.17) is 4.74 Å². The Balaban J connectivity index is 3.36. The predicted molar refractivity (Wildman–Crippen MR) is 324 cm³/mol. The van der Waals surface area contributed by atoms with E-state index in [1.807, 2.05) is 0 Å². The number of nitrogens with one attached hydrogen (secondary N) is 1. The predicted octanol–water partition coefficient (Wildman–Crippen LogP) is 21.8. The molecular weight excluding hydrogens is 911 g/mol. The molecule has 0 bridgehead atoms. The van der Waals surface area contributed by atoms with E-state index in [-0.39, 0.29) is 18.5 Å². The van der Waals surface area contributed by atoms with Crippen molar-refractivity contribution in [3.8, 4) is 0 Å². The molecule has 0 aromatic heterocycles. The molecule has 0 fully saturated rings. The molecule has 1 amide bonds. The molecule has 0 radical (unpaired) electrons. The van der Waals surface area contributed by atoms with E-state index >= 15 is 0 Å². The van der Waals surface area contributed by atoms with Crippen LogP contribution in [0.1, 0.15) is 399 Å². The van der Waals surface area contributed by atoms with Crippen LogP contribution in [0, 0.1) is 0 Å². The largest absolute Gasteiger partial charge is 0.466 e. The van der Waals surface area contributed by atoms with Crippen molar-refractivity contribution in [2.75, 3.05) is 13.2 Å². The Morgan fingerprint density at radius 2 is 0.554 bits per heavy atom. The van der Waals surface area contributed by atoms with Crippen molar-refractivity contribution < 1.29 is 24.5 Å². The van der Waals surface area contributed by atoms with E-state index in [1.54, 1.807) is 0 Å². The number of rotatable bonds is 65. The topological polar surface area (TPSA) is 95.9 Å². The highest BCUT2D eigenvalue weighted by atomic mass is 16.5. The molecule has 0 aliphatic heterocycles. The van der Waals surface area contributed by atoms with Crippen LogP contribution in [-0.2, 0) is 14.3 Å². The summed E-state index contributed by atoms with van der Waals surface area (Å²) in [4.78, 5) is 24.6. The Morgan fingerprint density at radius 1 is 0.324 bits per heavy atom. The number of unbranched alkanes of at least 4 members (excludes halogenated alkanes) is 54. The summed E-state index contributed by atoms with van der Waals surface area (Å²) in [5.41, 5.74) is 0. The molecule has 0 aromatic carbocycles. The molecule has 0 aliphatic rings. The molecule has 0 saturated carbocycles. The highest BCUT2D eigenvalue weighted by molar-refractivity contribution is 5.76. The van der Waals surface area contributed by atoms with Crippen LogP contribution in [-0.4, -0.2) is 47.4 Å². The maximum absolute atomic E-state index is 12.5. The average molecular weight is 1050 g/mol. The number of hydrogen-bond acceptors (Lipinski definition) is 5. The minimum absolute atomic E-state index is 0.0165. The molecule has 0 aromatic rings. The minimum atomic E-state index is -0.663. The van der Waals surface area contributed by atoms with Crippen LogP contribution in [0.15, 0.2) is 0 Å². The van der Waals surface area contributed by atoms with Crippen molar-refractivity contribution in [2.45, 2.75) is 411 Å². The molecule has 74 heavy (non-hydrogen) atoms. The first-order valence-corrected chi connectivity index (χ1v) is 34.3. The fraction of sp³-hybridized carbons (Fsp3) is 0.971. The van der Waals surface area contributed by atoms with Crippen LogP contribution >= 0.6 is 0 Å². The quantitative estimate of drug-likeness (QED) is 0.0417. The summed E-state index contributed by atoms with van der Waals surface area (Å²) in [6.45, 7) is 4.99. The Hall–Kier alpha value is -1.14. The lowest BCUT2D eigenvalue weighted by atomic mass is 10.0. The highest BCUT2D eigenvalue weighted by Gasteiger charge is 2.20. The molecule has 0 spiro atoms. The third-order valence-electron chi connectivity index (χ3n) is 16.4. The molecule has 0 heterocycles. The highest BCUT2D eigenvalue weighted by Crippen LogP contribution is 2.19. The van der Waals surface area contributed by atoms with Crippen LogP contribution in [0.3, 0.4) is 0 Å². The van der Waals surface area contributed by atoms with Gasteiger partial charge in [0.15, 0.2) is 0 Å². The van der Waals surface area contributed by atoms with Crippen molar-refractivity contribution in [1.82, 2.24) is 5.32 Å². The second kappa shape index (κ2) is 64.4. The van der Waals surface area contributed by atoms with E-state index in [2.05, 4.69) is 19.2 Å². The lowest BCUT2D eigenvalue weighted by molar-refractivity contribution is -0.143. The standard InChI is InChI=1S/C68H135NO5/c1-3-5-7-9-11-13-15-16-17-18-19-20-25-28-31-34-37-41-44-48-52-56-60-66(71)65(64-70)69-67(72)61-57-53-49-45-42-38-35-32-29-26-23-21-22-24-27-30-33-36-39-43-47-51-55-59-63-74-68(73)62-58-54-50-46-40-14-12-10-8-6-4-2/h65-66,70-71H,3-64H2,1-2H3,(H,69,72). The van der Waals surface area contributed by atoms with Crippen molar-refractivity contribution >= 4 is 11.9 Å². The van der Waals surface area contributed by atoms with E-state index in [0.717, 1.165) is 38.5 Å². The fourth-order valence-electron chi connectivity index (χ4n) is 11.2. The van der Waals surface area contributed by atoms with Gasteiger partial charge in [-0.05, 0) is 25.7 Å². The summed E-state index contributed by atoms with van der Waals surface area (Å²) in [7, 11) is 0. The minimum Gasteiger partial charge on any atom is -0.466 e. The third-order valence-corrected chi connectivity index (χ3v) is 16.4. The number of carbonyl (C=O) groups excluding carboxylic acids is 2. The van der Waals surface area contributed by atoms with E-state index < -0.39 is 12.1 Å². The van der Waals surface area contributed by atoms with E-state index in [9.17, 15) is 19.8 Å². The first-order valence-electron chi connectivity index (χ1n) is 34.3. The molecule has 2 unspecified atom stereocenters. The van der Waals surface area contributed by atoms with Crippen LogP contribution in [0.25, 0.3) is 0 Å². The first-order chi connectivity index (χ1) is 36.5. The summed E-state index contributed by atoms with van der Waals surface area (Å²) in [5, 5.41) is 23.4. The zero-order valence-corrected chi connectivity index (χ0v) is 50.6. The molecule has 442 valence electrons. The van der Waals surface area contributed by atoms with Gasteiger partial charge < -0.3 is 20.3 Å². The first kappa shape index (κ1) is 72.9. The summed E-state index contributed by atoms with van der Waals surface area (Å²) < 4.78 is 5.47. The van der Waals surface area contributed by atoms with E-state index in [0.29, 0.717) is 25.9 Å². The smallest absolute Gasteiger partial charge is 0.305 e. The van der Waals surface area contributed by atoms with Crippen LogP contribution in [0.4, 0.5) is 0 Å². The van der Waals surface area contributed by atoms with Gasteiger partial charge in [0.25, 0.3) is 0 Å². The molecule has 2 atom stereocenters. The molecular formula is C68H135NO5. The summed E-state index contributed by atoms with van der Waals surface area (Å²) in [5.74, 6) is -0.0119. The van der Waals surface area contributed by atoms with Gasteiger partial charge in [0, 0.05) is 12.8 Å². The van der Waals surface area contributed by atoms with Gasteiger partial charge in [-0.25, -0.2) is 0 Å². The van der Waals surface area contributed by atoms with Gasteiger partial charge in [-0.2, -0.15) is 0 Å². The fourth-order valence-corrected chi connectivity index (χ4v) is 11.2. The van der Waals surface area contributed by atoms with Gasteiger partial charge >= 0.3 is 5.97 Å². The number of aliphatic hydroxyl groups excluding tert-OH is 2. The Labute approximate surface area is 464 Å². The van der Waals surface area contributed by atoms with E-state index in [1.165, 1.54) is 327 Å². The van der Waals surface area contributed by atoms with Crippen molar-refractivity contribution in [3.63, 3.8) is 0 Å². The van der Waals surface area contributed by atoms with Crippen LogP contribution < -0.4 is 5.32 Å². The molecule has 3 N–H and O–H groups in total. The number of aliphatic hydroxyl groups is 2. The number of carbonyl (C=O) groups is 2. The summed E-state index contributed by atoms with van der Waals surface area (Å²) in [6.07, 6.45) is 77.1. The van der Waals surface area contributed by atoms with Crippen molar-refractivity contribution in [2.24, 2.45) is 0 Å². The van der Waals surface area contributed by atoms with Gasteiger partial charge in [-0.15, -0.1) is 0 Å². The van der Waals surface area contributed by atoms with Crippen molar-refractivity contribution in [3.05, 3.63) is 0 Å². The van der Waals surface area contributed by atoms with Gasteiger partial charge in [0.2, 0.25) is 5.91 Å². The number of hydrogen-bond donors (Lipinski definition) is 3. The third kappa shape index (κ3) is 60.1. The average Bonchev–Trinajstić information content (AvgIpc) is 3.40. The van der Waals surface area contributed by atoms with Crippen molar-refractivity contribution in [1.29, 1.82) is 0 Å². The molecule has 0 aliphatic carbocycles. The molecule has 0 rings (SSSR count). The maximum Gasteiger partial charge on any atom is 0.305 e. The maximum atomic E-state index is 12.5. The van der Waals surface area contributed by atoms with Gasteiger partial charge in [-0.1, -0.05) is 361 Å². The second-order valence-corrected chi connectivity index (χ2v) is 23.9. The molecule has 6 nitrogen and oxygen atoms in total. The molecule has 0 saturated heterocycles. The number of amides is 1.